The van der Waals surface area contributed by atoms with E-state index in [2.05, 4.69) is 20.9 Å². The zero-order valence-electron chi connectivity index (χ0n) is 10.5. The maximum atomic E-state index is 14.1. The number of nitrogens with one attached hydrogen (secondary N) is 1. The second kappa shape index (κ2) is 6.04. The van der Waals surface area contributed by atoms with Gasteiger partial charge in [-0.25, -0.2) is 17.2 Å². The summed E-state index contributed by atoms with van der Waals surface area (Å²) in [5.74, 6) is -1.84. The smallest absolute Gasteiger partial charge is 0.264 e. The number of halogens is 3. The van der Waals surface area contributed by atoms with E-state index in [1.165, 1.54) is 12.3 Å². The highest BCUT2D eigenvalue weighted by molar-refractivity contribution is 9.10. The lowest BCUT2D eigenvalue weighted by Crippen LogP contribution is -2.17. The molecule has 0 aliphatic rings. The van der Waals surface area contributed by atoms with Crippen molar-refractivity contribution >= 4 is 31.6 Å². The van der Waals surface area contributed by atoms with Crippen LogP contribution in [0, 0.1) is 11.6 Å². The lowest BCUT2D eigenvalue weighted by Gasteiger charge is -2.11. The van der Waals surface area contributed by atoms with E-state index in [9.17, 15) is 17.2 Å². The van der Waals surface area contributed by atoms with Gasteiger partial charge in [0.05, 0.1) is 11.9 Å². The van der Waals surface area contributed by atoms with Gasteiger partial charge in [-0.05, 0) is 18.2 Å². The lowest BCUT2D eigenvalue weighted by atomic mass is 10.2. The number of nitrogens with two attached hydrogens (primary N) is 1. The number of hydrogen-bond donors (Lipinski definition) is 2. The molecule has 1 aromatic carbocycles. The molecular formula is C12H10BrF2N3O2S. The van der Waals surface area contributed by atoms with Crippen molar-refractivity contribution in [1.82, 2.24) is 4.98 Å². The van der Waals surface area contributed by atoms with E-state index in [0.29, 0.717) is 4.47 Å². The Morgan fingerprint density at radius 1 is 1.33 bits per heavy atom. The molecule has 112 valence electrons. The van der Waals surface area contributed by atoms with Gasteiger partial charge < -0.3 is 5.73 Å². The Labute approximate surface area is 128 Å². The molecule has 9 heteroatoms. The minimum absolute atomic E-state index is 0.0277. The molecule has 0 aliphatic heterocycles. The van der Waals surface area contributed by atoms with Crippen LogP contribution in [0.4, 0.5) is 14.5 Å². The molecule has 0 spiro atoms. The van der Waals surface area contributed by atoms with E-state index in [0.717, 1.165) is 18.3 Å². The Bertz CT molecular complexity index is 784. The monoisotopic (exact) mass is 377 g/mol. The Hall–Kier alpha value is -1.58. The molecular weight excluding hydrogens is 368 g/mol. The van der Waals surface area contributed by atoms with Gasteiger partial charge in [-0.15, -0.1) is 0 Å². The average molecular weight is 378 g/mol. The first-order valence-corrected chi connectivity index (χ1v) is 7.93. The second-order valence-electron chi connectivity index (χ2n) is 4.04. The SMILES string of the molecule is NCc1cc(Br)cc(S(=O)(=O)Nc2ccncc2F)c1F. The summed E-state index contributed by atoms with van der Waals surface area (Å²) < 4.78 is 54.3. The van der Waals surface area contributed by atoms with Gasteiger partial charge in [-0.3, -0.25) is 9.71 Å². The summed E-state index contributed by atoms with van der Waals surface area (Å²) in [5.41, 5.74) is 5.07. The number of aromatic nitrogens is 1. The molecule has 21 heavy (non-hydrogen) atoms. The van der Waals surface area contributed by atoms with Crippen LogP contribution >= 0.6 is 15.9 Å². The van der Waals surface area contributed by atoms with Crippen molar-refractivity contribution in [3.63, 3.8) is 0 Å². The Morgan fingerprint density at radius 3 is 2.67 bits per heavy atom. The maximum Gasteiger partial charge on any atom is 0.264 e. The van der Waals surface area contributed by atoms with Crippen molar-refractivity contribution in [3.8, 4) is 0 Å². The molecule has 0 amide bonds. The van der Waals surface area contributed by atoms with Gasteiger partial charge >= 0.3 is 0 Å². The second-order valence-corrected chi connectivity index (χ2v) is 6.61. The number of anilines is 1. The zero-order valence-corrected chi connectivity index (χ0v) is 12.9. The van der Waals surface area contributed by atoms with Gasteiger partial charge in [0, 0.05) is 22.8 Å². The third kappa shape index (κ3) is 3.36. The third-order valence-corrected chi connectivity index (χ3v) is 4.43. The summed E-state index contributed by atoms with van der Waals surface area (Å²) in [6, 6.07) is 3.59. The third-order valence-electron chi connectivity index (χ3n) is 2.61. The fraction of sp³-hybridized carbons (Fsp3) is 0.0833. The summed E-state index contributed by atoms with van der Waals surface area (Å²) in [6.45, 7) is -0.169. The Morgan fingerprint density at radius 2 is 2.05 bits per heavy atom. The van der Waals surface area contributed by atoms with E-state index in [-0.39, 0.29) is 17.8 Å². The van der Waals surface area contributed by atoms with Crippen molar-refractivity contribution < 1.29 is 17.2 Å². The van der Waals surface area contributed by atoms with Crippen molar-refractivity contribution in [2.24, 2.45) is 5.73 Å². The molecule has 0 saturated carbocycles. The number of nitrogens with zero attached hydrogens (tertiary/aromatic N) is 1. The first kappa shape index (κ1) is 15.8. The molecule has 0 saturated heterocycles. The number of rotatable bonds is 4. The van der Waals surface area contributed by atoms with Crippen LogP contribution in [0.1, 0.15) is 5.56 Å². The molecule has 3 N–H and O–H groups in total. The summed E-state index contributed by atoms with van der Waals surface area (Å²) in [5, 5.41) is 0. The summed E-state index contributed by atoms with van der Waals surface area (Å²) in [7, 11) is -4.30. The number of benzene rings is 1. The van der Waals surface area contributed by atoms with E-state index in [1.807, 2.05) is 4.72 Å². The van der Waals surface area contributed by atoms with Gasteiger partial charge in [-0.2, -0.15) is 0 Å². The lowest BCUT2D eigenvalue weighted by molar-refractivity contribution is 0.559. The average Bonchev–Trinajstić information content (AvgIpc) is 2.43. The predicted octanol–water partition coefficient (Wildman–Crippen LogP) is 2.38. The summed E-state index contributed by atoms with van der Waals surface area (Å²) in [4.78, 5) is 2.88. The highest BCUT2D eigenvalue weighted by Crippen LogP contribution is 2.26. The van der Waals surface area contributed by atoms with Crippen LogP contribution in [0.5, 0.6) is 0 Å². The van der Waals surface area contributed by atoms with Gasteiger partial charge in [0.2, 0.25) is 0 Å². The van der Waals surface area contributed by atoms with Gasteiger partial charge in [0.15, 0.2) is 5.82 Å². The molecule has 0 aliphatic carbocycles. The minimum Gasteiger partial charge on any atom is -0.326 e. The number of sulfonamides is 1. The van der Waals surface area contributed by atoms with Crippen LogP contribution in [0.25, 0.3) is 0 Å². The van der Waals surface area contributed by atoms with Crippen LogP contribution in [0.3, 0.4) is 0 Å². The summed E-state index contributed by atoms with van der Waals surface area (Å²) in [6.07, 6.45) is 2.06. The number of hydrogen-bond acceptors (Lipinski definition) is 4. The summed E-state index contributed by atoms with van der Waals surface area (Å²) >= 11 is 3.08. The van der Waals surface area contributed by atoms with E-state index in [1.54, 1.807) is 0 Å². The first-order chi connectivity index (χ1) is 9.85. The molecule has 1 heterocycles. The minimum atomic E-state index is -4.30. The van der Waals surface area contributed by atoms with E-state index >= 15 is 0 Å². The Kier molecular flexibility index (Phi) is 4.55. The molecule has 5 nitrogen and oxygen atoms in total. The molecule has 0 radical (unpaired) electrons. The molecule has 0 atom stereocenters. The molecule has 0 unspecified atom stereocenters. The largest absolute Gasteiger partial charge is 0.326 e. The molecule has 2 aromatic rings. The topological polar surface area (TPSA) is 85.1 Å². The van der Waals surface area contributed by atoms with Crippen LogP contribution < -0.4 is 10.5 Å². The maximum absolute atomic E-state index is 14.1. The van der Waals surface area contributed by atoms with Gasteiger partial charge in [-0.1, -0.05) is 15.9 Å². The highest BCUT2D eigenvalue weighted by Gasteiger charge is 2.23. The van der Waals surface area contributed by atoms with E-state index < -0.39 is 26.6 Å². The van der Waals surface area contributed by atoms with Crippen molar-refractivity contribution in [2.75, 3.05) is 4.72 Å². The first-order valence-electron chi connectivity index (χ1n) is 5.65. The van der Waals surface area contributed by atoms with Crippen molar-refractivity contribution in [3.05, 3.63) is 52.3 Å². The van der Waals surface area contributed by atoms with Crippen LogP contribution in [-0.2, 0) is 16.6 Å². The van der Waals surface area contributed by atoms with Gasteiger partial charge in [0.25, 0.3) is 10.0 Å². The molecule has 0 fully saturated rings. The molecule has 0 bridgehead atoms. The number of pyridine rings is 1. The van der Waals surface area contributed by atoms with Crippen molar-refractivity contribution in [2.45, 2.75) is 11.4 Å². The van der Waals surface area contributed by atoms with Crippen LogP contribution in [0.15, 0.2) is 40.0 Å². The molecule has 2 rings (SSSR count). The highest BCUT2D eigenvalue weighted by atomic mass is 79.9. The predicted molar refractivity (Wildman–Crippen MR) is 77.0 cm³/mol. The van der Waals surface area contributed by atoms with Gasteiger partial charge in [0.1, 0.15) is 10.7 Å². The fourth-order valence-electron chi connectivity index (χ4n) is 1.62. The zero-order chi connectivity index (χ0) is 15.6. The normalized spacial score (nSPS) is 11.4. The van der Waals surface area contributed by atoms with Crippen molar-refractivity contribution in [1.29, 1.82) is 0 Å². The quantitative estimate of drug-likeness (QED) is 0.856. The fourth-order valence-corrected chi connectivity index (χ4v) is 3.49. The van der Waals surface area contributed by atoms with Crippen LogP contribution in [0.2, 0.25) is 0 Å². The molecule has 1 aromatic heterocycles. The standard InChI is InChI=1S/C12H10BrF2N3O2S/c13-8-3-7(5-16)12(15)11(4-8)21(19,20)18-10-1-2-17-6-9(10)14/h1-4,6H,5,16H2,(H,17,18). The van der Waals surface area contributed by atoms with Crippen LogP contribution in [-0.4, -0.2) is 13.4 Å². The Balaban J connectivity index is 2.50. The van der Waals surface area contributed by atoms with E-state index in [4.69, 9.17) is 5.73 Å².